The molecule has 0 heterocycles. The van der Waals surface area contributed by atoms with Gasteiger partial charge in [-0.05, 0) is 33.5 Å². The third-order valence-corrected chi connectivity index (χ3v) is 5.96. The normalized spacial score (nSPS) is 10.9. The third kappa shape index (κ3) is 25.0. The zero-order valence-corrected chi connectivity index (χ0v) is 22.5. The average Bonchev–Trinajstić information content (AvgIpc) is 2.81. The van der Waals surface area contributed by atoms with Crippen LogP contribution < -0.4 is 16.0 Å². The van der Waals surface area contributed by atoms with Crippen LogP contribution in [0.4, 0.5) is 0 Å². The Morgan fingerprint density at radius 3 is 1.32 bits per heavy atom. The van der Waals surface area contributed by atoms with Gasteiger partial charge in [-0.2, -0.15) is 0 Å². The third-order valence-electron chi connectivity index (χ3n) is 5.96. The molecule has 0 aliphatic heterocycles. The van der Waals surface area contributed by atoms with Gasteiger partial charge in [0.25, 0.3) is 0 Å². The fourth-order valence-corrected chi connectivity index (χ4v) is 3.82. The van der Waals surface area contributed by atoms with E-state index in [1.165, 1.54) is 70.6 Å². The van der Waals surface area contributed by atoms with Gasteiger partial charge in [0.05, 0.1) is 0 Å². The first-order chi connectivity index (χ1) is 16.5. The van der Waals surface area contributed by atoms with Gasteiger partial charge in [0.2, 0.25) is 17.7 Å². The van der Waals surface area contributed by atoms with E-state index >= 15 is 0 Å². The summed E-state index contributed by atoms with van der Waals surface area (Å²) < 4.78 is 0. The van der Waals surface area contributed by atoms with Gasteiger partial charge in [-0.3, -0.25) is 14.4 Å². The quantitative estimate of drug-likeness (QED) is 0.176. The number of hydrogen-bond donors (Lipinski definition) is 3. The smallest absolute Gasteiger partial charge is 0.220 e. The second-order valence-corrected chi connectivity index (χ2v) is 9.70. The molecule has 0 radical (unpaired) electrons. The first-order valence-corrected chi connectivity index (χ1v) is 13.9. The van der Waals surface area contributed by atoms with E-state index in [0.717, 1.165) is 25.8 Å². The molecular formula is C27H54N4O3. The molecule has 0 aromatic carbocycles. The molecule has 0 rings (SSSR count). The van der Waals surface area contributed by atoms with Crippen molar-refractivity contribution in [3.8, 4) is 0 Å². The summed E-state index contributed by atoms with van der Waals surface area (Å²) in [4.78, 5) is 37.5. The van der Waals surface area contributed by atoms with Crippen LogP contribution in [0.5, 0.6) is 0 Å². The zero-order valence-electron chi connectivity index (χ0n) is 22.5. The summed E-state index contributed by atoms with van der Waals surface area (Å²) in [6.45, 7) is 4.64. The second kappa shape index (κ2) is 24.5. The maximum atomic E-state index is 11.9. The van der Waals surface area contributed by atoms with Crippen molar-refractivity contribution in [2.75, 3.05) is 40.3 Å². The van der Waals surface area contributed by atoms with E-state index in [9.17, 15) is 14.4 Å². The summed E-state index contributed by atoms with van der Waals surface area (Å²) in [5.41, 5.74) is 0. The van der Waals surface area contributed by atoms with Crippen LogP contribution in [0.25, 0.3) is 0 Å². The predicted octanol–water partition coefficient (Wildman–Crippen LogP) is 4.55. The van der Waals surface area contributed by atoms with Crippen LogP contribution in [0.15, 0.2) is 0 Å². The van der Waals surface area contributed by atoms with Crippen molar-refractivity contribution in [1.82, 2.24) is 20.9 Å². The Hall–Kier alpha value is -1.63. The Balaban J connectivity index is 3.39. The molecule has 7 nitrogen and oxygen atoms in total. The molecule has 0 unspecified atom stereocenters. The number of carbonyl (C=O) groups excluding carboxylic acids is 3. The average molecular weight is 483 g/mol. The van der Waals surface area contributed by atoms with Gasteiger partial charge in [0.15, 0.2) is 0 Å². The van der Waals surface area contributed by atoms with E-state index in [0.29, 0.717) is 26.1 Å². The van der Waals surface area contributed by atoms with Gasteiger partial charge in [-0.25, -0.2) is 0 Å². The second-order valence-electron chi connectivity index (χ2n) is 9.70. The first-order valence-electron chi connectivity index (χ1n) is 13.9. The van der Waals surface area contributed by atoms with E-state index in [4.69, 9.17) is 0 Å². The van der Waals surface area contributed by atoms with Crippen LogP contribution in [0, 0.1) is 0 Å². The van der Waals surface area contributed by atoms with Crippen molar-refractivity contribution in [3.05, 3.63) is 0 Å². The molecule has 0 bridgehead atoms. The molecule has 0 saturated heterocycles. The molecule has 0 spiro atoms. The molecule has 0 saturated carbocycles. The van der Waals surface area contributed by atoms with Crippen molar-refractivity contribution in [1.29, 1.82) is 0 Å². The highest BCUT2D eigenvalue weighted by molar-refractivity contribution is 5.83. The highest BCUT2D eigenvalue weighted by atomic mass is 16.2. The van der Waals surface area contributed by atoms with Gasteiger partial charge in [-0.1, -0.05) is 84.0 Å². The van der Waals surface area contributed by atoms with Crippen LogP contribution in [0.3, 0.4) is 0 Å². The maximum Gasteiger partial charge on any atom is 0.220 e. The van der Waals surface area contributed by atoms with Crippen molar-refractivity contribution in [2.24, 2.45) is 0 Å². The topological polar surface area (TPSA) is 90.5 Å². The molecule has 200 valence electrons. The summed E-state index contributed by atoms with van der Waals surface area (Å²) in [6.07, 6.45) is 18.7. The molecule has 34 heavy (non-hydrogen) atoms. The Morgan fingerprint density at radius 2 is 0.882 bits per heavy atom. The molecule has 7 heteroatoms. The number of nitrogens with one attached hydrogen (secondary N) is 3. The SMILES string of the molecule is CCCCCCCCCCCCCCCC(=O)NCCNC(=O)CCC(=O)NCCCN(C)C. The Morgan fingerprint density at radius 1 is 0.500 bits per heavy atom. The number of amides is 3. The van der Waals surface area contributed by atoms with E-state index in [-0.39, 0.29) is 30.6 Å². The minimum atomic E-state index is -0.158. The standard InChI is InChI=1S/C27H54N4O3/c1-4-5-6-7-8-9-10-11-12-13-14-15-16-18-25(32)29-22-23-30-27(34)20-19-26(33)28-21-17-24-31(2)3/h4-24H2,1-3H3,(H,28,33)(H,29,32)(H,30,34). The molecule has 0 aromatic heterocycles. The summed E-state index contributed by atoms with van der Waals surface area (Å²) in [6, 6.07) is 0. The van der Waals surface area contributed by atoms with Crippen LogP contribution in [0.2, 0.25) is 0 Å². The van der Waals surface area contributed by atoms with Gasteiger partial charge in [-0.15, -0.1) is 0 Å². The summed E-state index contributed by atoms with van der Waals surface area (Å²) in [5.74, 6) is -0.205. The summed E-state index contributed by atoms with van der Waals surface area (Å²) >= 11 is 0. The maximum absolute atomic E-state index is 11.9. The number of rotatable bonds is 24. The molecule has 0 atom stereocenters. The molecular weight excluding hydrogens is 428 g/mol. The van der Waals surface area contributed by atoms with Gasteiger partial charge in [0.1, 0.15) is 0 Å². The fourth-order valence-electron chi connectivity index (χ4n) is 3.82. The minimum absolute atomic E-state index is 0.0504. The molecule has 0 aromatic rings. The lowest BCUT2D eigenvalue weighted by Gasteiger charge is -2.10. The van der Waals surface area contributed by atoms with Crippen molar-refractivity contribution < 1.29 is 14.4 Å². The van der Waals surface area contributed by atoms with E-state index in [2.05, 4.69) is 27.8 Å². The summed E-state index contributed by atoms with van der Waals surface area (Å²) in [5, 5.41) is 8.43. The van der Waals surface area contributed by atoms with Crippen molar-refractivity contribution in [3.63, 3.8) is 0 Å². The summed E-state index contributed by atoms with van der Waals surface area (Å²) in [7, 11) is 3.99. The highest BCUT2D eigenvalue weighted by Crippen LogP contribution is 2.12. The zero-order chi connectivity index (χ0) is 25.3. The van der Waals surface area contributed by atoms with E-state index in [1.807, 2.05) is 14.1 Å². The number of nitrogens with zero attached hydrogens (tertiary/aromatic N) is 1. The molecule has 0 aliphatic carbocycles. The van der Waals surface area contributed by atoms with Gasteiger partial charge < -0.3 is 20.9 Å². The lowest BCUT2D eigenvalue weighted by Crippen LogP contribution is -2.35. The molecule has 3 amide bonds. The largest absolute Gasteiger partial charge is 0.356 e. The van der Waals surface area contributed by atoms with Crippen molar-refractivity contribution >= 4 is 17.7 Å². The van der Waals surface area contributed by atoms with Crippen LogP contribution in [0.1, 0.15) is 116 Å². The lowest BCUT2D eigenvalue weighted by molar-refractivity contribution is -0.126. The monoisotopic (exact) mass is 482 g/mol. The van der Waals surface area contributed by atoms with E-state index in [1.54, 1.807) is 0 Å². The molecule has 0 fully saturated rings. The van der Waals surface area contributed by atoms with Crippen LogP contribution in [-0.2, 0) is 14.4 Å². The first kappa shape index (κ1) is 32.4. The highest BCUT2D eigenvalue weighted by Gasteiger charge is 2.07. The number of hydrogen-bond acceptors (Lipinski definition) is 4. The molecule has 0 aliphatic rings. The Labute approximate surface area is 209 Å². The van der Waals surface area contributed by atoms with Gasteiger partial charge in [0, 0.05) is 38.9 Å². The Kier molecular flexibility index (Phi) is 23.3. The minimum Gasteiger partial charge on any atom is -0.356 e. The predicted molar refractivity (Wildman–Crippen MR) is 142 cm³/mol. The Bertz CT molecular complexity index is 512. The van der Waals surface area contributed by atoms with Crippen molar-refractivity contribution in [2.45, 2.75) is 116 Å². The van der Waals surface area contributed by atoms with Crippen LogP contribution in [-0.4, -0.2) is 62.9 Å². The number of carbonyl (C=O) groups is 3. The van der Waals surface area contributed by atoms with Crippen LogP contribution >= 0.6 is 0 Å². The fraction of sp³-hybridized carbons (Fsp3) is 0.889. The lowest BCUT2D eigenvalue weighted by atomic mass is 10.0. The number of unbranched alkanes of at least 4 members (excludes halogenated alkanes) is 12. The molecule has 3 N–H and O–H groups in total. The van der Waals surface area contributed by atoms with E-state index < -0.39 is 0 Å². The van der Waals surface area contributed by atoms with Gasteiger partial charge >= 0.3 is 0 Å².